The van der Waals surface area contributed by atoms with Crippen molar-refractivity contribution in [3.05, 3.63) is 47.9 Å². The maximum absolute atomic E-state index is 3.74. The molecule has 0 N–H and O–H groups in total. The molecule has 0 fully saturated rings. The Hall–Kier alpha value is -0.730. The lowest BCUT2D eigenvalue weighted by atomic mass is 10.2. The Morgan fingerprint density at radius 2 is 2.08 bits per heavy atom. The molecule has 0 unspecified atom stereocenters. The lowest BCUT2D eigenvalue weighted by Crippen LogP contribution is -1.95. The molecule has 0 saturated heterocycles. The average molecular weight is 195 g/mol. The highest BCUT2D eigenvalue weighted by Gasteiger charge is 1.84. The van der Waals surface area contributed by atoms with Gasteiger partial charge in [-0.15, -0.1) is 0 Å². The number of allylic oxidation sites excluding steroid dienone is 6. The van der Waals surface area contributed by atoms with E-state index in [1.54, 1.807) is 11.9 Å². The first-order valence-corrected chi connectivity index (χ1v) is 5.00. The minimum Gasteiger partial charge on any atom is -0.253 e. The van der Waals surface area contributed by atoms with Crippen LogP contribution in [0.5, 0.6) is 0 Å². The Labute approximate surface area is 85.6 Å². The van der Waals surface area contributed by atoms with Crippen molar-refractivity contribution in [1.29, 1.82) is 0 Å². The molecule has 0 heterocycles. The Morgan fingerprint density at radius 3 is 2.54 bits per heavy atom. The van der Waals surface area contributed by atoms with Gasteiger partial charge in [0.05, 0.1) is 0 Å². The summed E-state index contributed by atoms with van der Waals surface area (Å²) >= 11 is 1.65. The molecular weight excluding hydrogens is 178 g/mol. The molecule has 0 aliphatic heterocycles. The van der Waals surface area contributed by atoms with Crippen molar-refractivity contribution in [2.75, 3.05) is 14.1 Å². The zero-order valence-corrected chi connectivity index (χ0v) is 9.34. The number of hydrogen-bond donors (Lipinski definition) is 0. The minimum absolute atomic E-state index is 1.12. The van der Waals surface area contributed by atoms with Gasteiger partial charge in [-0.2, -0.15) is 0 Å². The summed E-state index contributed by atoms with van der Waals surface area (Å²) in [6.45, 7) is 5.73. The second-order valence-corrected chi connectivity index (χ2v) is 3.83. The predicted molar refractivity (Wildman–Crippen MR) is 63.5 cm³/mol. The van der Waals surface area contributed by atoms with Crippen molar-refractivity contribution in [3.63, 3.8) is 0 Å². The molecule has 0 rings (SSSR count). The molecule has 0 amide bonds. The molecule has 13 heavy (non-hydrogen) atoms. The van der Waals surface area contributed by atoms with Gasteiger partial charge in [0, 0.05) is 0 Å². The third-order valence-electron chi connectivity index (χ3n) is 1.25. The summed E-state index contributed by atoms with van der Waals surface area (Å²) < 4.78 is 2.03. The maximum Gasteiger partial charge on any atom is -0.00254 e. The van der Waals surface area contributed by atoms with E-state index in [9.17, 15) is 0 Å². The summed E-state index contributed by atoms with van der Waals surface area (Å²) in [5, 5.41) is 2.04. The Kier molecular flexibility index (Phi) is 7.45. The van der Waals surface area contributed by atoms with Gasteiger partial charge in [-0.1, -0.05) is 42.8 Å². The van der Waals surface area contributed by atoms with Crippen LogP contribution in [0.25, 0.3) is 0 Å². The van der Waals surface area contributed by atoms with Gasteiger partial charge in [-0.3, -0.25) is 4.31 Å². The third kappa shape index (κ3) is 7.62. The van der Waals surface area contributed by atoms with Crippen LogP contribution in [0.3, 0.4) is 0 Å². The molecule has 72 valence electrons. The van der Waals surface area contributed by atoms with E-state index in [-0.39, 0.29) is 0 Å². The van der Waals surface area contributed by atoms with E-state index >= 15 is 0 Å². The molecule has 2 heteroatoms. The SMILES string of the molecule is C=CC(/C=C/SN(C)C)=C\C=C/C. The molecule has 0 aliphatic rings. The fourth-order valence-corrected chi connectivity index (χ4v) is 1.09. The molecule has 0 aromatic carbocycles. The van der Waals surface area contributed by atoms with Gasteiger partial charge in [0.2, 0.25) is 0 Å². The second-order valence-electron chi connectivity index (χ2n) is 2.62. The van der Waals surface area contributed by atoms with Crippen LogP contribution in [0, 0.1) is 0 Å². The van der Waals surface area contributed by atoms with Crippen molar-refractivity contribution in [2.24, 2.45) is 0 Å². The van der Waals surface area contributed by atoms with Crippen molar-refractivity contribution < 1.29 is 0 Å². The quantitative estimate of drug-likeness (QED) is 0.488. The fraction of sp³-hybridized carbons (Fsp3) is 0.273. The molecule has 0 saturated carbocycles. The van der Waals surface area contributed by atoms with Gasteiger partial charge in [0.1, 0.15) is 0 Å². The van der Waals surface area contributed by atoms with Crippen molar-refractivity contribution >= 4 is 11.9 Å². The van der Waals surface area contributed by atoms with Crippen molar-refractivity contribution in [2.45, 2.75) is 6.92 Å². The van der Waals surface area contributed by atoms with Gasteiger partial charge in [-0.25, -0.2) is 0 Å². The molecule has 0 atom stereocenters. The minimum atomic E-state index is 1.12. The van der Waals surface area contributed by atoms with Crippen LogP contribution < -0.4 is 0 Å². The first kappa shape index (κ1) is 12.3. The number of nitrogens with zero attached hydrogens (tertiary/aromatic N) is 1. The summed E-state index contributed by atoms with van der Waals surface area (Å²) in [5.41, 5.74) is 1.12. The molecule has 0 spiro atoms. The molecule has 0 aromatic heterocycles. The molecule has 0 bridgehead atoms. The fourth-order valence-electron chi connectivity index (χ4n) is 0.630. The van der Waals surface area contributed by atoms with Crippen LogP contribution in [-0.2, 0) is 0 Å². The van der Waals surface area contributed by atoms with Gasteiger partial charge in [0.25, 0.3) is 0 Å². The van der Waals surface area contributed by atoms with Crippen LogP contribution in [0.15, 0.2) is 47.9 Å². The molecule has 0 aliphatic carbocycles. The molecule has 0 radical (unpaired) electrons. The topological polar surface area (TPSA) is 3.24 Å². The largest absolute Gasteiger partial charge is 0.253 e. The molecule has 0 aromatic rings. The third-order valence-corrected chi connectivity index (χ3v) is 1.93. The van der Waals surface area contributed by atoms with E-state index in [0.717, 1.165) is 5.57 Å². The van der Waals surface area contributed by atoms with E-state index in [0.29, 0.717) is 0 Å². The van der Waals surface area contributed by atoms with E-state index in [4.69, 9.17) is 0 Å². The molecule has 1 nitrogen and oxygen atoms in total. The monoisotopic (exact) mass is 195 g/mol. The summed E-state index contributed by atoms with van der Waals surface area (Å²) in [6, 6.07) is 0. The zero-order chi connectivity index (χ0) is 10.1. The van der Waals surface area contributed by atoms with Crippen molar-refractivity contribution in [3.8, 4) is 0 Å². The van der Waals surface area contributed by atoms with Crippen LogP contribution in [0.4, 0.5) is 0 Å². The highest BCUT2D eigenvalue weighted by atomic mass is 32.2. The number of rotatable bonds is 5. The van der Waals surface area contributed by atoms with E-state index in [1.165, 1.54) is 0 Å². The van der Waals surface area contributed by atoms with Crippen LogP contribution in [0.2, 0.25) is 0 Å². The highest BCUT2D eigenvalue weighted by molar-refractivity contribution is 7.99. The van der Waals surface area contributed by atoms with Gasteiger partial charge in [-0.05, 0) is 38.1 Å². The first-order chi connectivity index (χ1) is 6.20. The highest BCUT2D eigenvalue weighted by Crippen LogP contribution is 2.08. The average Bonchev–Trinajstić information content (AvgIpc) is 2.10. The predicted octanol–water partition coefficient (Wildman–Crippen LogP) is 3.40. The second kappa shape index (κ2) is 7.90. The normalized spacial score (nSPS) is 13.4. The first-order valence-electron chi connectivity index (χ1n) is 4.16. The van der Waals surface area contributed by atoms with Crippen LogP contribution in [0.1, 0.15) is 6.92 Å². The molecular formula is C11H17NS. The lowest BCUT2D eigenvalue weighted by molar-refractivity contribution is 0.708. The summed E-state index contributed by atoms with van der Waals surface area (Å²) in [7, 11) is 4.02. The Morgan fingerprint density at radius 1 is 1.38 bits per heavy atom. The van der Waals surface area contributed by atoms with E-state index in [2.05, 4.69) is 6.58 Å². The maximum atomic E-state index is 3.74. The van der Waals surface area contributed by atoms with Gasteiger partial charge in [0.15, 0.2) is 0 Å². The van der Waals surface area contributed by atoms with Gasteiger partial charge < -0.3 is 0 Å². The van der Waals surface area contributed by atoms with E-state index in [1.807, 2.05) is 61.1 Å². The Balaban J connectivity index is 4.12. The Bertz CT molecular complexity index is 224. The zero-order valence-electron chi connectivity index (χ0n) is 8.53. The van der Waals surface area contributed by atoms with E-state index < -0.39 is 0 Å². The summed E-state index contributed by atoms with van der Waals surface area (Å²) in [6.07, 6.45) is 9.90. The summed E-state index contributed by atoms with van der Waals surface area (Å²) in [5.74, 6) is 0. The van der Waals surface area contributed by atoms with Crippen molar-refractivity contribution in [1.82, 2.24) is 4.31 Å². The smallest absolute Gasteiger partial charge is 0.00254 e. The summed E-state index contributed by atoms with van der Waals surface area (Å²) in [4.78, 5) is 0. The standard InChI is InChI=1S/C11H17NS/c1-5-7-8-11(6-2)9-10-13-12(3)4/h5-10H,2H2,1,3-4H3/b7-5-,10-9+,11-8+. The van der Waals surface area contributed by atoms with Gasteiger partial charge >= 0.3 is 0 Å². The van der Waals surface area contributed by atoms with Crippen LogP contribution in [-0.4, -0.2) is 18.4 Å². The lowest BCUT2D eigenvalue weighted by Gasteiger charge is -2.02. The van der Waals surface area contributed by atoms with Crippen LogP contribution >= 0.6 is 11.9 Å². The number of hydrogen-bond acceptors (Lipinski definition) is 2.